The number of rotatable bonds is 3. The first-order chi connectivity index (χ1) is 13.0. The third kappa shape index (κ3) is 3.56. The van der Waals surface area contributed by atoms with E-state index in [0.29, 0.717) is 28.5 Å². The zero-order valence-electron chi connectivity index (χ0n) is 15.1. The number of fused-ring (bicyclic) bond motifs is 1. The van der Waals surface area contributed by atoms with Crippen molar-refractivity contribution in [3.8, 4) is 11.3 Å². The minimum Gasteiger partial charge on any atom is -0.458 e. The molecule has 0 spiro atoms. The molecule has 0 unspecified atom stereocenters. The Morgan fingerprint density at radius 1 is 1.22 bits per heavy atom. The highest BCUT2D eigenvalue weighted by Gasteiger charge is 2.20. The Kier molecular flexibility index (Phi) is 4.86. The lowest BCUT2D eigenvalue weighted by molar-refractivity contribution is 0.0663. The molecule has 0 saturated carbocycles. The number of pyridine rings is 1. The van der Waals surface area contributed by atoms with Gasteiger partial charge in [-0.05, 0) is 37.4 Å². The van der Waals surface area contributed by atoms with Gasteiger partial charge in [-0.3, -0.25) is 9.78 Å². The monoisotopic (exact) mass is 384 g/mol. The van der Waals surface area contributed by atoms with Gasteiger partial charge in [0, 0.05) is 43.3 Å². The van der Waals surface area contributed by atoms with Crippen LogP contribution in [0.2, 0.25) is 5.02 Å². The fourth-order valence-electron chi connectivity index (χ4n) is 3.30. The van der Waals surface area contributed by atoms with Crippen molar-refractivity contribution < 1.29 is 9.21 Å². The summed E-state index contributed by atoms with van der Waals surface area (Å²) < 4.78 is 5.63. The van der Waals surface area contributed by atoms with Crippen molar-refractivity contribution in [1.29, 1.82) is 0 Å². The highest BCUT2D eigenvalue weighted by Crippen LogP contribution is 2.32. The van der Waals surface area contributed by atoms with Gasteiger partial charge in [-0.1, -0.05) is 11.6 Å². The topological polar surface area (TPSA) is 75.6 Å². The van der Waals surface area contributed by atoms with Gasteiger partial charge in [-0.2, -0.15) is 0 Å². The largest absolute Gasteiger partial charge is 0.458 e. The third-order valence-electron chi connectivity index (χ3n) is 4.92. The zero-order chi connectivity index (χ0) is 19.0. The summed E-state index contributed by atoms with van der Waals surface area (Å²) in [5, 5.41) is 1.40. The van der Waals surface area contributed by atoms with Crippen molar-refractivity contribution in [1.82, 2.24) is 14.8 Å². The minimum absolute atomic E-state index is 0.0260. The second-order valence-electron chi connectivity index (χ2n) is 6.82. The SMILES string of the molecule is CN1CCN(C(=O)c2ccc(-c3cc(Cl)c4oc(CN)cc4c3)nc2)CC1. The molecule has 1 fully saturated rings. The highest BCUT2D eigenvalue weighted by molar-refractivity contribution is 6.35. The maximum Gasteiger partial charge on any atom is 0.255 e. The van der Waals surface area contributed by atoms with E-state index in [1.54, 1.807) is 6.20 Å². The summed E-state index contributed by atoms with van der Waals surface area (Å²) in [6, 6.07) is 9.34. The summed E-state index contributed by atoms with van der Waals surface area (Å²) in [6.07, 6.45) is 1.63. The molecule has 0 atom stereocenters. The molecule has 1 saturated heterocycles. The summed E-state index contributed by atoms with van der Waals surface area (Å²) >= 11 is 6.35. The number of carbonyl (C=O) groups excluding carboxylic acids is 1. The Balaban J connectivity index is 1.58. The predicted molar refractivity (Wildman–Crippen MR) is 106 cm³/mol. The molecule has 1 aliphatic rings. The number of benzene rings is 1. The van der Waals surface area contributed by atoms with E-state index < -0.39 is 0 Å². The Hall–Kier alpha value is -2.41. The number of amides is 1. The van der Waals surface area contributed by atoms with Crippen molar-refractivity contribution in [3.05, 3.63) is 52.9 Å². The number of aromatic nitrogens is 1. The van der Waals surface area contributed by atoms with Crippen LogP contribution < -0.4 is 5.73 Å². The molecule has 1 aliphatic heterocycles. The number of carbonyl (C=O) groups is 1. The average Bonchev–Trinajstić information content (AvgIpc) is 3.12. The summed E-state index contributed by atoms with van der Waals surface area (Å²) in [5.74, 6) is 0.711. The zero-order valence-corrected chi connectivity index (χ0v) is 15.9. The molecule has 1 amide bonds. The predicted octanol–water partition coefficient (Wildman–Crippen LogP) is 2.99. The molecule has 7 heteroatoms. The van der Waals surface area contributed by atoms with Crippen LogP contribution in [0.4, 0.5) is 0 Å². The molecule has 1 aromatic carbocycles. The smallest absolute Gasteiger partial charge is 0.255 e. The number of nitrogens with two attached hydrogens (primary N) is 1. The van der Waals surface area contributed by atoms with Gasteiger partial charge in [0.25, 0.3) is 5.91 Å². The van der Waals surface area contributed by atoms with Gasteiger partial charge in [-0.25, -0.2) is 0 Å². The van der Waals surface area contributed by atoms with Gasteiger partial charge >= 0.3 is 0 Å². The number of furan rings is 1. The quantitative estimate of drug-likeness (QED) is 0.751. The van der Waals surface area contributed by atoms with Gasteiger partial charge in [0.15, 0.2) is 5.58 Å². The van der Waals surface area contributed by atoms with Crippen LogP contribution >= 0.6 is 11.6 Å². The van der Waals surface area contributed by atoms with Gasteiger partial charge < -0.3 is 20.0 Å². The molecule has 0 radical (unpaired) electrons. The van der Waals surface area contributed by atoms with E-state index in [-0.39, 0.29) is 5.91 Å². The number of halogens is 1. The van der Waals surface area contributed by atoms with Gasteiger partial charge in [0.1, 0.15) is 5.76 Å². The van der Waals surface area contributed by atoms with E-state index >= 15 is 0 Å². The lowest BCUT2D eigenvalue weighted by atomic mass is 10.1. The van der Waals surface area contributed by atoms with Crippen LogP contribution in [0.5, 0.6) is 0 Å². The molecule has 3 heterocycles. The maximum absolute atomic E-state index is 12.6. The van der Waals surface area contributed by atoms with E-state index in [2.05, 4.69) is 16.9 Å². The standard InChI is InChI=1S/C20H21ClN4O2/c1-24-4-6-25(7-5-24)20(26)13-2-3-18(23-12-13)14-8-15-9-16(11-22)27-19(15)17(21)10-14/h2-3,8-10,12H,4-7,11,22H2,1H3. The van der Waals surface area contributed by atoms with Gasteiger partial charge in [-0.15, -0.1) is 0 Å². The summed E-state index contributed by atoms with van der Waals surface area (Å²) in [7, 11) is 2.07. The first-order valence-corrected chi connectivity index (χ1v) is 9.29. The van der Waals surface area contributed by atoms with Crippen LogP contribution in [0.1, 0.15) is 16.1 Å². The second kappa shape index (κ2) is 7.31. The normalized spacial score (nSPS) is 15.4. The van der Waals surface area contributed by atoms with Crippen LogP contribution in [0.25, 0.3) is 22.2 Å². The van der Waals surface area contributed by atoms with Crippen molar-refractivity contribution in [2.24, 2.45) is 5.73 Å². The molecule has 2 N–H and O–H groups in total. The van der Waals surface area contributed by atoms with Crippen LogP contribution in [-0.4, -0.2) is 53.9 Å². The Bertz CT molecular complexity index is 976. The second-order valence-corrected chi connectivity index (χ2v) is 7.23. The number of likely N-dealkylation sites (N-methyl/N-ethyl adjacent to an activating group) is 1. The van der Waals surface area contributed by atoms with E-state index in [4.69, 9.17) is 21.8 Å². The molecular formula is C20H21ClN4O2. The van der Waals surface area contributed by atoms with Gasteiger partial charge in [0.05, 0.1) is 22.8 Å². The molecule has 2 aromatic heterocycles. The van der Waals surface area contributed by atoms with Crippen LogP contribution in [0.15, 0.2) is 40.9 Å². The van der Waals surface area contributed by atoms with Crippen molar-refractivity contribution in [2.45, 2.75) is 6.54 Å². The number of hydrogen-bond acceptors (Lipinski definition) is 5. The van der Waals surface area contributed by atoms with E-state index in [9.17, 15) is 4.79 Å². The molecule has 0 bridgehead atoms. The Labute approximate surface area is 162 Å². The van der Waals surface area contributed by atoms with E-state index in [1.165, 1.54) is 0 Å². The highest BCUT2D eigenvalue weighted by atomic mass is 35.5. The molecular weight excluding hydrogens is 364 g/mol. The van der Waals surface area contributed by atoms with Crippen molar-refractivity contribution >= 4 is 28.5 Å². The number of hydrogen-bond donors (Lipinski definition) is 1. The summed E-state index contributed by atoms with van der Waals surface area (Å²) in [4.78, 5) is 21.2. The minimum atomic E-state index is 0.0260. The average molecular weight is 385 g/mol. The number of nitrogens with zero attached hydrogens (tertiary/aromatic N) is 3. The molecule has 3 aromatic rings. The lowest BCUT2D eigenvalue weighted by Crippen LogP contribution is -2.47. The first kappa shape index (κ1) is 18.0. The Morgan fingerprint density at radius 3 is 2.67 bits per heavy atom. The van der Waals surface area contributed by atoms with E-state index in [1.807, 2.05) is 35.2 Å². The van der Waals surface area contributed by atoms with Crippen LogP contribution in [0.3, 0.4) is 0 Å². The van der Waals surface area contributed by atoms with Crippen molar-refractivity contribution in [2.75, 3.05) is 33.2 Å². The van der Waals surface area contributed by atoms with Crippen LogP contribution in [0, 0.1) is 0 Å². The maximum atomic E-state index is 12.6. The van der Waals surface area contributed by atoms with Crippen molar-refractivity contribution in [3.63, 3.8) is 0 Å². The molecule has 27 heavy (non-hydrogen) atoms. The lowest BCUT2D eigenvalue weighted by Gasteiger charge is -2.32. The van der Waals surface area contributed by atoms with Crippen LogP contribution in [-0.2, 0) is 6.54 Å². The van der Waals surface area contributed by atoms with Gasteiger partial charge in [0.2, 0.25) is 0 Å². The summed E-state index contributed by atoms with van der Waals surface area (Å²) in [6.45, 7) is 3.60. The summed E-state index contributed by atoms with van der Waals surface area (Å²) in [5.41, 5.74) is 8.49. The Morgan fingerprint density at radius 2 is 2.00 bits per heavy atom. The molecule has 4 rings (SSSR count). The molecule has 0 aliphatic carbocycles. The first-order valence-electron chi connectivity index (χ1n) is 8.91. The number of piperazine rings is 1. The third-order valence-corrected chi connectivity index (χ3v) is 5.20. The molecule has 6 nitrogen and oxygen atoms in total. The van der Waals surface area contributed by atoms with E-state index in [0.717, 1.165) is 42.8 Å². The fourth-order valence-corrected chi connectivity index (χ4v) is 3.56. The fraction of sp³-hybridized carbons (Fsp3) is 0.300. The molecule has 140 valence electrons.